The van der Waals surface area contributed by atoms with Gasteiger partial charge in [-0.3, -0.25) is 0 Å². The summed E-state index contributed by atoms with van der Waals surface area (Å²) in [5.74, 6) is -0.181. The van der Waals surface area contributed by atoms with Crippen LogP contribution in [0.2, 0.25) is 0 Å². The van der Waals surface area contributed by atoms with Crippen LogP contribution >= 0.6 is 0 Å². The van der Waals surface area contributed by atoms with Crippen LogP contribution in [0.4, 0.5) is 4.39 Å². The van der Waals surface area contributed by atoms with Crippen LogP contribution in [0.5, 0.6) is 0 Å². The molecule has 0 saturated heterocycles. The molecule has 0 spiro atoms. The molecule has 0 heterocycles. The topological polar surface area (TPSA) is 0 Å². The van der Waals surface area contributed by atoms with Crippen molar-refractivity contribution in [3.05, 3.63) is 48.3 Å². The van der Waals surface area contributed by atoms with Crippen LogP contribution in [0.25, 0.3) is 10.8 Å². The monoisotopic (exact) mass is 171 g/mol. The van der Waals surface area contributed by atoms with E-state index in [1.807, 2.05) is 18.2 Å². The summed E-state index contributed by atoms with van der Waals surface area (Å²) in [5.41, 5.74) is 0. The largest absolute Gasteiger partial charge is 0.316 e. The highest BCUT2D eigenvalue weighted by Gasteiger charge is 1.96. The predicted molar refractivity (Wildman–Crippen MR) is 51.3 cm³/mol. The van der Waals surface area contributed by atoms with Crippen LogP contribution < -0.4 is 0 Å². The molecule has 0 atom stereocenters. The average molecular weight is 171 g/mol. The first-order chi connectivity index (χ1) is 5.38. The van der Waals surface area contributed by atoms with Crippen molar-refractivity contribution >= 4 is 33.8 Å². The van der Waals surface area contributed by atoms with Crippen molar-refractivity contribution in [1.82, 2.24) is 0 Å². The van der Waals surface area contributed by atoms with Crippen LogP contribution in [-0.2, 0) is 0 Å². The smallest absolute Gasteiger partial charge is 0.206 e. The number of hydrogen-bond donors (Lipinski definition) is 0. The van der Waals surface area contributed by atoms with E-state index in [1.165, 1.54) is 6.07 Å². The Morgan fingerprint density at radius 1 is 1.08 bits per heavy atom. The molecule has 12 heavy (non-hydrogen) atoms. The van der Waals surface area contributed by atoms with Crippen LogP contribution in [-0.4, -0.2) is 23.1 Å². The Morgan fingerprint density at radius 2 is 1.83 bits per heavy atom. The molecule has 0 aliphatic carbocycles. The highest BCUT2D eigenvalue weighted by atomic mass is 24.3. The molecule has 0 unspecified atom stereocenters. The Kier molecular flexibility index (Phi) is 3.06. The summed E-state index contributed by atoms with van der Waals surface area (Å²) in [6, 6.07) is 13.3. The van der Waals surface area contributed by atoms with Gasteiger partial charge < -0.3 is 0 Å². The standard InChI is InChI=1S/C10H6F.Mg.2H/c11-10-7-3-5-8-4-1-2-6-9(8)10;;;/h1-4,6-7H;;;. The molecule has 0 aliphatic rings. The maximum absolute atomic E-state index is 13.0. The average Bonchev–Trinajstić information content (AvgIpc) is 2.06. The third-order valence-corrected chi connectivity index (χ3v) is 1.65. The fraction of sp³-hybridized carbons (Fsp3) is 0. The van der Waals surface area contributed by atoms with Gasteiger partial charge in [0.15, 0.2) is 0 Å². The second kappa shape index (κ2) is 3.87. The summed E-state index contributed by atoms with van der Waals surface area (Å²) in [6.07, 6.45) is 0. The molecule has 1 radical (unpaired) electrons. The molecule has 0 saturated carbocycles. The first-order valence-electron chi connectivity index (χ1n) is 3.43. The van der Waals surface area contributed by atoms with Gasteiger partial charge in [0.05, 0.1) is 0 Å². The van der Waals surface area contributed by atoms with Crippen molar-refractivity contribution in [2.45, 2.75) is 0 Å². The maximum atomic E-state index is 13.0. The molecule has 0 aromatic heterocycles. The van der Waals surface area contributed by atoms with Gasteiger partial charge >= 0.3 is 23.1 Å². The number of hydrogen-bond acceptors (Lipinski definition) is 0. The summed E-state index contributed by atoms with van der Waals surface area (Å²) in [4.78, 5) is 0. The molecular formula is C10H8FMg. The van der Waals surface area contributed by atoms with E-state index in [9.17, 15) is 4.39 Å². The fourth-order valence-electron chi connectivity index (χ4n) is 1.11. The van der Waals surface area contributed by atoms with Gasteiger partial charge in [-0.15, -0.1) is 0 Å². The maximum Gasteiger partial charge on any atom is 0.316 e. The lowest BCUT2D eigenvalue weighted by Crippen LogP contribution is -1.76. The third kappa shape index (κ3) is 1.59. The summed E-state index contributed by atoms with van der Waals surface area (Å²) in [7, 11) is 0. The van der Waals surface area contributed by atoms with E-state index in [-0.39, 0.29) is 28.9 Å². The summed E-state index contributed by atoms with van der Waals surface area (Å²) < 4.78 is 13.0. The number of benzene rings is 2. The van der Waals surface area contributed by atoms with E-state index in [2.05, 4.69) is 6.07 Å². The first-order valence-corrected chi connectivity index (χ1v) is 3.43. The molecule has 2 rings (SSSR count). The summed E-state index contributed by atoms with van der Waals surface area (Å²) in [6.45, 7) is 0. The Hall–Kier alpha value is -0.604. The van der Waals surface area contributed by atoms with Gasteiger partial charge in [0.25, 0.3) is 0 Å². The normalized spacial score (nSPS) is 9.42. The Morgan fingerprint density at radius 3 is 2.58 bits per heavy atom. The lowest BCUT2D eigenvalue weighted by molar-refractivity contribution is 0.640. The van der Waals surface area contributed by atoms with Gasteiger partial charge in [0.2, 0.25) is 0 Å². The van der Waals surface area contributed by atoms with E-state index < -0.39 is 0 Å². The predicted octanol–water partition coefficient (Wildman–Crippen LogP) is 1.86. The van der Waals surface area contributed by atoms with Crippen LogP contribution in [0.15, 0.2) is 36.4 Å². The molecular weight excluding hydrogens is 163 g/mol. The number of fused-ring (bicyclic) bond motifs is 1. The van der Waals surface area contributed by atoms with Gasteiger partial charge in [0.1, 0.15) is 5.82 Å². The molecule has 2 heteroatoms. The van der Waals surface area contributed by atoms with Crippen molar-refractivity contribution in [2.24, 2.45) is 0 Å². The zero-order valence-corrected chi connectivity index (χ0v) is 5.84. The molecule has 57 valence electrons. The minimum Gasteiger partial charge on any atom is -0.206 e. The van der Waals surface area contributed by atoms with Crippen molar-refractivity contribution in [3.63, 3.8) is 0 Å². The van der Waals surface area contributed by atoms with Gasteiger partial charge in [-0.1, -0.05) is 30.3 Å². The molecule has 0 nitrogen and oxygen atoms in total. The summed E-state index contributed by atoms with van der Waals surface area (Å²) >= 11 is 0. The molecule has 0 fully saturated rings. The van der Waals surface area contributed by atoms with Gasteiger partial charge in [-0.25, -0.2) is 4.39 Å². The van der Waals surface area contributed by atoms with Crippen molar-refractivity contribution in [3.8, 4) is 0 Å². The Bertz CT molecular complexity index is 379. The second-order valence-electron chi connectivity index (χ2n) is 2.37. The van der Waals surface area contributed by atoms with Crippen molar-refractivity contribution in [2.75, 3.05) is 0 Å². The quantitative estimate of drug-likeness (QED) is 0.531. The van der Waals surface area contributed by atoms with Gasteiger partial charge in [0, 0.05) is 5.39 Å². The SMILES string of the molecule is Fc1cc[c]c2ccccc12.[MgH2]. The van der Waals surface area contributed by atoms with Crippen molar-refractivity contribution in [1.29, 1.82) is 0 Å². The van der Waals surface area contributed by atoms with E-state index >= 15 is 0 Å². The van der Waals surface area contributed by atoms with E-state index in [0.717, 1.165) is 5.39 Å². The molecule has 0 aliphatic heterocycles. The molecule has 0 amide bonds. The first kappa shape index (κ1) is 9.48. The van der Waals surface area contributed by atoms with E-state index in [1.54, 1.807) is 12.1 Å². The molecule has 2 aromatic carbocycles. The highest BCUT2D eigenvalue weighted by Crippen LogP contribution is 2.15. The fourth-order valence-corrected chi connectivity index (χ4v) is 1.11. The number of rotatable bonds is 0. The highest BCUT2D eigenvalue weighted by molar-refractivity contribution is 5.82. The number of halogens is 1. The molecule has 0 bridgehead atoms. The summed E-state index contributed by atoms with van der Waals surface area (Å²) in [5, 5.41) is 1.46. The van der Waals surface area contributed by atoms with E-state index in [4.69, 9.17) is 0 Å². The van der Waals surface area contributed by atoms with Gasteiger partial charge in [-0.05, 0) is 17.5 Å². The zero-order valence-electron chi connectivity index (χ0n) is 5.84. The lowest BCUT2D eigenvalue weighted by Gasteiger charge is -1.95. The minimum atomic E-state index is -0.181. The minimum absolute atomic E-state index is 0. The third-order valence-electron chi connectivity index (χ3n) is 1.65. The Labute approximate surface area is 86.5 Å². The van der Waals surface area contributed by atoms with Crippen LogP contribution in [0.1, 0.15) is 0 Å². The van der Waals surface area contributed by atoms with E-state index in [0.29, 0.717) is 5.39 Å². The van der Waals surface area contributed by atoms with Crippen LogP contribution in [0, 0.1) is 11.9 Å². The zero-order chi connectivity index (χ0) is 7.68. The second-order valence-corrected chi connectivity index (χ2v) is 2.37. The van der Waals surface area contributed by atoms with Crippen molar-refractivity contribution < 1.29 is 4.39 Å². The van der Waals surface area contributed by atoms with Crippen LogP contribution in [0.3, 0.4) is 0 Å². The molecule has 2 aromatic rings. The Balaban J connectivity index is 0.000000720. The van der Waals surface area contributed by atoms with Gasteiger partial charge in [-0.2, -0.15) is 0 Å². The lowest BCUT2D eigenvalue weighted by atomic mass is 10.1. The molecule has 0 N–H and O–H groups in total.